The van der Waals surface area contributed by atoms with Crippen LogP contribution in [0.15, 0.2) is 53.7 Å². The van der Waals surface area contributed by atoms with E-state index in [-0.39, 0.29) is 10.5 Å². The maximum Gasteiger partial charge on any atom is 0.266 e. The van der Waals surface area contributed by atoms with Crippen molar-refractivity contribution in [3.05, 3.63) is 60.2 Å². The van der Waals surface area contributed by atoms with Gasteiger partial charge in [-0.1, -0.05) is 0 Å². The summed E-state index contributed by atoms with van der Waals surface area (Å²) in [4.78, 5) is 17.2. The minimum Gasteiger partial charge on any atom is -0.273 e. The van der Waals surface area contributed by atoms with Gasteiger partial charge in [-0.25, -0.2) is 12.8 Å². The molecule has 0 fully saturated rings. The summed E-state index contributed by atoms with van der Waals surface area (Å²) in [5, 5.41) is 0. The van der Waals surface area contributed by atoms with Crippen LogP contribution in [0.3, 0.4) is 0 Å². The van der Waals surface area contributed by atoms with Gasteiger partial charge in [-0.15, -0.1) is 4.83 Å². The van der Waals surface area contributed by atoms with E-state index in [1.165, 1.54) is 24.5 Å². The van der Waals surface area contributed by atoms with Crippen molar-refractivity contribution < 1.29 is 17.6 Å². The number of amides is 1. The molecular formula is C12H10FN3O3S. The van der Waals surface area contributed by atoms with Gasteiger partial charge in [-0.05, 0) is 36.4 Å². The first-order valence-electron chi connectivity index (χ1n) is 5.47. The second kappa shape index (κ2) is 5.76. The molecule has 0 aliphatic rings. The third kappa shape index (κ3) is 3.37. The lowest BCUT2D eigenvalue weighted by Crippen LogP contribution is -2.41. The van der Waals surface area contributed by atoms with E-state index >= 15 is 0 Å². The Kier molecular flexibility index (Phi) is 4.06. The number of nitrogens with one attached hydrogen (secondary N) is 2. The highest BCUT2D eigenvalue weighted by molar-refractivity contribution is 7.89. The largest absolute Gasteiger partial charge is 0.273 e. The summed E-state index contributed by atoms with van der Waals surface area (Å²) in [6.45, 7) is 0. The van der Waals surface area contributed by atoms with Crippen molar-refractivity contribution in [3.8, 4) is 0 Å². The van der Waals surface area contributed by atoms with E-state index in [0.717, 1.165) is 24.3 Å². The number of halogens is 1. The molecule has 0 radical (unpaired) electrons. The molecule has 0 aliphatic carbocycles. The summed E-state index contributed by atoms with van der Waals surface area (Å²) in [5.74, 6) is -1.18. The number of carbonyl (C=O) groups is 1. The number of nitrogens with zero attached hydrogens (tertiary/aromatic N) is 1. The van der Waals surface area contributed by atoms with Crippen molar-refractivity contribution in [2.24, 2.45) is 0 Å². The molecule has 104 valence electrons. The predicted octanol–water partition coefficient (Wildman–Crippen LogP) is 0.844. The smallest absolute Gasteiger partial charge is 0.266 e. The molecule has 2 rings (SSSR count). The lowest BCUT2D eigenvalue weighted by atomic mass is 10.3. The number of hydrogen-bond acceptors (Lipinski definition) is 4. The Labute approximate surface area is 114 Å². The average Bonchev–Trinajstić information content (AvgIpc) is 2.46. The monoisotopic (exact) mass is 295 g/mol. The fraction of sp³-hybridized carbons (Fsp3) is 0. The van der Waals surface area contributed by atoms with Crippen LogP contribution >= 0.6 is 0 Å². The van der Waals surface area contributed by atoms with Gasteiger partial charge in [-0.2, -0.15) is 0 Å². The number of hydrogen-bond donors (Lipinski definition) is 2. The third-order valence-corrected chi connectivity index (χ3v) is 3.63. The Balaban J connectivity index is 2.06. The minimum atomic E-state index is -3.94. The highest BCUT2D eigenvalue weighted by Gasteiger charge is 2.15. The van der Waals surface area contributed by atoms with E-state index in [9.17, 15) is 17.6 Å². The van der Waals surface area contributed by atoms with Gasteiger partial charge in [-0.3, -0.25) is 15.2 Å². The Morgan fingerprint density at radius 2 is 1.65 bits per heavy atom. The zero-order valence-electron chi connectivity index (χ0n) is 10.1. The summed E-state index contributed by atoms with van der Waals surface area (Å²) in [5.41, 5.74) is 2.31. The molecule has 0 aliphatic heterocycles. The first-order chi connectivity index (χ1) is 9.49. The van der Waals surface area contributed by atoms with Crippen LogP contribution in [0.5, 0.6) is 0 Å². The van der Waals surface area contributed by atoms with Crippen LogP contribution in [0.4, 0.5) is 4.39 Å². The van der Waals surface area contributed by atoms with Crippen LogP contribution in [0.1, 0.15) is 10.4 Å². The summed E-state index contributed by atoms with van der Waals surface area (Å²) in [7, 11) is -3.94. The molecule has 0 atom stereocenters. The molecule has 0 spiro atoms. The van der Waals surface area contributed by atoms with Crippen molar-refractivity contribution in [1.82, 2.24) is 15.2 Å². The second-order valence-corrected chi connectivity index (χ2v) is 5.43. The van der Waals surface area contributed by atoms with Crippen LogP contribution in [0.2, 0.25) is 0 Å². The van der Waals surface area contributed by atoms with Crippen molar-refractivity contribution in [3.63, 3.8) is 0 Å². The first-order valence-corrected chi connectivity index (χ1v) is 6.95. The number of pyridine rings is 1. The van der Waals surface area contributed by atoms with Crippen molar-refractivity contribution >= 4 is 15.9 Å². The predicted molar refractivity (Wildman–Crippen MR) is 68.4 cm³/mol. The number of rotatable bonds is 4. The van der Waals surface area contributed by atoms with Crippen molar-refractivity contribution in [1.29, 1.82) is 0 Å². The maximum absolute atomic E-state index is 12.7. The molecule has 1 heterocycles. The fourth-order valence-electron chi connectivity index (χ4n) is 1.36. The van der Waals surface area contributed by atoms with E-state index in [2.05, 4.69) is 10.4 Å². The van der Waals surface area contributed by atoms with Gasteiger partial charge in [0.1, 0.15) is 5.82 Å². The zero-order chi connectivity index (χ0) is 14.6. The van der Waals surface area contributed by atoms with E-state index in [1.807, 2.05) is 4.83 Å². The Bertz CT molecular complexity index is 702. The van der Waals surface area contributed by atoms with E-state index < -0.39 is 21.7 Å². The van der Waals surface area contributed by atoms with Gasteiger partial charge in [0.15, 0.2) is 0 Å². The van der Waals surface area contributed by atoms with E-state index in [4.69, 9.17) is 0 Å². The van der Waals surface area contributed by atoms with Crippen molar-refractivity contribution in [2.45, 2.75) is 4.90 Å². The maximum atomic E-state index is 12.7. The van der Waals surface area contributed by atoms with Crippen LogP contribution < -0.4 is 10.3 Å². The fourth-order valence-corrected chi connectivity index (χ4v) is 2.20. The third-order valence-electron chi connectivity index (χ3n) is 2.37. The molecule has 0 unspecified atom stereocenters. The van der Waals surface area contributed by atoms with Gasteiger partial charge in [0, 0.05) is 18.0 Å². The van der Waals surface area contributed by atoms with Gasteiger partial charge >= 0.3 is 0 Å². The number of carbonyl (C=O) groups excluding carboxylic acids is 1. The normalized spacial score (nSPS) is 11.1. The minimum absolute atomic E-state index is 0.158. The topological polar surface area (TPSA) is 88.2 Å². The van der Waals surface area contributed by atoms with Gasteiger partial charge in [0.05, 0.1) is 4.90 Å². The molecular weight excluding hydrogens is 285 g/mol. The second-order valence-electron chi connectivity index (χ2n) is 3.75. The van der Waals surface area contributed by atoms with Crippen molar-refractivity contribution in [2.75, 3.05) is 0 Å². The Morgan fingerprint density at radius 1 is 1.05 bits per heavy atom. The molecule has 6 nitrogen and oxygen atoms in total. The molecule has 1 amide bonds. The standard InChI is InChI=1S/C12H10FN3O3S/c13-10-1-3-11(4-2-10)20(18,19)16-15-12(17)9-5-7-14-8-6-9/h1-8,16H,(H,15,17). The lowest BCUT2D eigenvalue weighted by Gasteiger charge is -2.08. The summed E-state index contributed by atoms with van der Waals surface area (Å²) >= 11 is 0. The molecule has 1 aromatic heterocycles. The van der Waals surface area contributed by atoms with Crippen LogP contribution in [-0.2, 0) is 10.0 Å². The van der Waals surface area contributed by atoms with Gasteiger partial charge in [0.2, 0.25) is 0 Å². The Hall–Kier alpha value is -2.32. The summed E-state index contributed by atoms with van der Waals surface area (Å²) in [6, 6.07) is 7.08. The molecule has 2 aromatic rings. The molecule has 2 N–H and O–H groups in total. The highest BCUT2D eigenvalue weighted by Crippen LogP contribution is 2.08. The van der Waals surface area contributed by atoms with Gasteiger partial charge < -0.3 is 0 Å². The van der Waals surface area contributed by atoms with Crippen LogP contribution in [-0.4, -0.2) is 19.3 Å². The molecule has 1 aromatic carbocycles. The number of hydrazine groups is 1. The van der Waals surface area contributed by atoms with E-state index in [0.29, 0.717) is 0 Å². The molecule has 0 bridgehead atoms. The van der Waals surface area contributed by atoms with Crippen LogP contribution in [0, 0.1) is 5.82 Å². The quantitative estimate of drug-likeness (QED) is 0.818. The Morgan fingerprint density at radius 3 is 2.25 bits per heavy atom. The molecule has 0 saturated heterocycles. The SMILES string of the molecule is O=C(NNS(=O)(=O)c1ccc(F)cc1)c1ccncc1. The lowest BCUT2D eigenvalue weighted by molar-refractivity contribution is 0.0945. The molecule has 8 heteroatoms. The summed E-state index contributed by atoms with van der Waals surface area (Å²) in [6.07, 6.45) is 2.81. The molecule has 0 saturated carbocycles. The molecule has 20 heavy (non-hydrogen) atoms. The highest BCUT2D eigenvalue weighted by atomic mass is 32.2. The van der Waals surface area contributed by atoms with Gasteiger partial charge in [0.25, 0.3) is 15.9 Å². The number of aromatic nitrogens is 1. The first kappa shape index (κ1) is 14.1. The zero-order valence-corrected chi connectivity index (χ0v) is 10.9. The summed E-state index contributed by atoms with van der Waals surface area (Å²) < 4.78 is 36.4. The number of benzene rings is 1. The van der Waals surface area contributed by atoms with Crippen LogP contribution in [0.25, 0.3) is 0 Å². The van der Waals surface area contributed by atoms with E-state index in [1.54, 1.807) is 0 Å². The average molecular weight is 295 g/mol. The number of sulfonamides is 1.